The van der Waals surface area contributed by atoms with Crippen LogP contribution in [0.25, 0.3) is 6.08 Å². The molecule has 0 bridgehead atoms. The molecule has 1 heteroatoms. The van der Waals surface area contributed by atoms with Crippen LogP contribution in [0.3, 0.4) is 0 Å². The predicted molar refractivity (Wildman–Crippen MR) is 51.5 cm³/mol. The summed E-state index contributed by atoms with van der Waals surface area (Å²) in [5.41, 5.74) is 4.11. The van der Waals surface area contributed by atoms with Gasteiger partial charge in [0.15, 0.2) is 0 Å². The fourth-order valence-corrected chi connectivity index (χ4v) is 1.51. The van der Waals surface area contributed by atoms with Crippen LogP contribution in [0.4, 0.5) is 0 Å². The molecule has 0 aromatic heterocycles. The average Bonchev–Trinajstić information content (AvgIpc) is 2.17. The summed E-state index contributed by atoms with van der Waals surface area (Å²) in [5.74, 6) is 0. The molecule has 0 radical (unpaired) electrons. The van der Waals surface area contributed by atoms with Crippen LogP contribution in [0, 0.1) is 0 Å². The van der Waals surface area contributed by atoms with Crippen molar-refractivity contribution >= 4 is 6.08 Å². The van der Waals surface area contributed by atoms with Gasteiger partial charge in [-0.3, -0.25) is 0 Å². The molecule has 2 rings (SSSR count). The van der Waals surface area contributed by atoms with Crippen molar-refractivity contribution in [3.63, 3.8) is 0 Å². The van der Waals surface area contributed by atoms with E-state index in [0.717, 1.165) is 13.0 Å². The van der Waals surface area contributed by atoms with E-state index in [4.69, 9.17) is 0 Å². The zero-order chi connectivity index (χ0) is 8.39. The number of benzene rings is 1. The first-order valence-electron chi connectivity index (χ1n) is 4.42. The first-order valence-corrected chi connectivity index (χ1v) is 4.42. The van der Waals surface area contributed by atoms with Gasteiger partial charge < -0.3 is 5.32 Å². The van der Waals surface area contributed by atoms with E-state index >= 15 is 0 Å². The zero-order valence-corrected chi connectivity index (χ0v) is 7.30. The van der Waals surface area contributed by atoms with Crippen molar-refractivity contribution in [2.75, 3.05) is 0 Å². The Morgan fingerprint density at radius 2 is 2.17 bits per heavy atom. The summed E-state index contributed by atoms with van der Waals surface area (Å²) in [6, 6.07) is 8.52. The third-order valence-corrected chi connectivity index (χ3v) is 2.27. The molecule has 0 spiro atoms. The molecular weight excluding hydrogens is 146 g/mol. The minimum atomic E-state index is 0.982. The molecule has 0 atom stereocenters. The molecule has 1 heterocycles. The van der Waals surface area contributed by atoms with Gasteiger partial charge in [-0.05, 0) is 23.6 Å². The predicted octanol–water partition coefficient (Wildman–Crippen LogP) is 2.54. The second-order valence-electron chi connectivity index (χ2n) is 3.08. The van der Waals surface area contributed by atoms with Crippen molar-refractivity contribution in [3.05, 3.63) is 41.1 Å². The molecule has 0 saturated heterocycles. The third-order valence-electron chi connectivity index (χ3n) is 2.27. The smallest absolute Gasteiger partial charge is 0.0403 e. The fraction of sp³-hybridized carbons (Fsp3) is 0.273. The minimum absolute atomic E-state index is 0.982. The third kappa shape index (κ3) is 1.22. The van der Waals surface area contributed by atoms with Gasteiger partial charge in [0.05, 0.1) is 0 Å². The van der Waals surface area contributed by atoms with Crippen LogP contribution < -0.4 is 5.32 Å². The minimum Gasteiger partial charge on any atom is -0.384 e. The molecule has 0 saturated carbocycles. The fourth-order valence-electron chi connectivity index (χ4n) is 1.51. The lowest BCUT2D eigenvalue weighted by atomic mass is 10.0. The molecule has 1 aliphatic rings. The summed E-state index contributed by atoms with van der Waals surface area (Å²) < 4.78 is 0. The number of allylic oxidation sites excluding steroid dienone is 1. The quantitative estimate of drug-likeness (QED) is 0.664. The van der Waals surface area contributed by atoms with Gasteiger partial charge in [-0.2, -0.15) is 0 Å². The Balaban J connectivity index is 2.41. The normalized spacial score (nSPS) is 14.6. The van der Waals surface area contributed by atoms with E-state index in [1.54, 1.807) is 0 Å². The number of nitrogens with one attached hydrogen (secondary N) is 1. The van der Waals surface area contributed by atoms with Gasteiger partial charge in [0.1, 0.15) is 0 Å². The van der Waals surface area contributed by atoms with Gasteiger partial charge in [0.2, 0.25) is 0 Å². The van der Waals surface area contributed by atoms with E-state index in [1.165, 1.54) is 16.8 Å². The van der Waals surface area contributed by atoms with E-state index in [2.05, 4.69) is 42.6 Å². The second kappa shape index (κ2) is 3.02. The van der Waals surface area contributed by atoms with Gasteiger partial charge in [-0.15, -0.1) is 0 Å². The molecule has 1 nitrogen and oxygen atoms in total. The Morgan fingerprint density at radius 1 is 1.33 bits per heavy atom. The van der Waals surface area contributed by atoms with E-state index in [-0.39, 0.29) is 0 Å². The van der Waals surface area contributed by atoms with Crippen LogP contribution >= 0.6 is 0 Å². The summed E-state index contributed by atoms with van der Waals surface area (Å²) in [6.07, 6.45) is 3.33. The van der Waals surface area contributed by atoms with Gasteiger partial charge in [0.25, 0.3) is 0 Å². The molecule has 1 aliphatic heterocycles. The maximum absolute atomic E-state index is 3.39. The highest BCUT2D eigenvalue weighted by Crippen LogP contribution is 2.18. The maximum atomic E-state index is 3.39. The van der Waals surface area contributed by atoms with Gasteiger partial charge in [-0.1, -0.05) is 31.2 Å². The molecule has 1 aromatic rings. The lowest BCUT2D eigenvalue weighted by molar-refractivity contribution is 0.765. The lowest BCUT2D eigenvalue weighted by Gasteiger charge is -2.17. The number of rotatable bonds is 1. The highest BCUT2D eigenvalue weighted by molar-refractivity contribution is 5.58. The monoisotopic (exact) mass is 159 g/mol. The van der Waals surface area contributed by atoms with Crippen molar-refractivity contribution in [1.29, 1.82) is 0 Å². The Labute approximate surface area is 73.1 Å². The standard InChI is InChI=1S/C11H13N/c1-2-11-7-9-5-3-4-6-10(9)8-12-11/h3-7,12H,2,8H2,1H3. The summed E-state index contributed by atoms with van der Waals surface area (Å²) in [6.45, 7) is 3.16. The molecule has 0 unspecified atom stereocenters. The summed E-state index contributed by atoms with van der Waals surface area (Å²) in [4.78, 5) is 0. The van der Waals surface area contributed by atoms with Crippen molar-refractivity contribution < 1.29 is 0 Å². The first kappa shape index (κ1) is 7.41. The van der Waals surface area contributed by atoms with Gasteiger partial charge in [0, 0.05) is 12.2 Å². The SMILES string of the molecule is CCC1=Cc2ccccc2CN1. The van der Waals surface area contributed by atoms with Gasteiger partial charge in [-0.25, -0.2) is 0 Å². The van der Waals surface area contributed by atoms with Crippen molar-refractivity contribution in [1.82, 2.24) is 5.32 Å². The van der Waals surface area contributed by atoms with E-state index < -0.39 is 0 Å². The average molecular weight is 159 g/mol. The number of hydrogen-bond donors (Lipinski definition) is 1. The Bertz CT molecular complexity index is 313. The Kier molecular flexibility index (Phi) is 1.86. The first-order chi connectivity index (χ1) is 5.90. The number of hydrogen-bond acceptors (Lipinski definition) is 1. The molecule has 12 heavy (non-hydrogen) atoms. The van der Waals surface area contributed by atoms with Gasteiger partial charge >= 0.3 is 0 Å². The number of fused-ring (bicyclic) bond motifs is 1. The van der Waals surface area contributed by atoms with Crippen LogP contribution in [0.5, 0.6) is 0 Å². The van der Waals surface area contributed by atoms with E-state index in [0.29, 0.717) is 0 Å². The van der Waals surface area contributed by atoms with Crippen molar-refractivity contribution in [2.45, 2.75) is 19.9 Å². The molecule has 62 valence electrons. The maximum Gasteiger partial charge on any atom is 0.0403 e. The Morgan fingerprint density at radius 3 is 3.00 bits per heavy atom. The highest BCUT2D eigenvalue weighted by Gasteiger charge is 2.05. The largest absolute Gasteiger partial charge is 0.384 e. The van der Waals surface area contributed by atoms with Crippen LogP contribution in [0.2, 0.25) is 0 Å². The second-order valence-corrected chi connectivity index (χ2v) is 3.08. The Hall–Kier alpha value is -1.24. The van der Waals surface area contributed by atoms with E-state index in [9.17, 15) is 0 Å². The zero-order valence-electron chi connectivity index (χ0n) is 7.30. The molecule has 0 fully saturated rings. The van der Waals surface area contributed by atoms with Crippen LogP contribution in [-0.4, -0.2) is 0 Å². The molecule has 1 N–H and O–H groups in total. The van der Waals surface area contributed by atoms with Crippen LogP contribution in [-0.2, 0) is 6.54 Å². The summed E-state index contributed by atoms with van der Waals surface area (Å²) >= 11 is 0. The molecular formula is C11H13N. The molecule has 0 aliphatic carbocycles. The van der Waals surface area contributed by atoms with Crippen LogP contribution in [0.15, 0.2) is 30.0 Å². The summed E-state index contributed by atoms with van der Waals surface area (Å²) in [5, 5.41) is 3.39. The molecule has 1 aromatic carbocycles. The van der Waals surface area contributed by atoms with E-state index in [1.807, 2.05) is 0 Å². The van der Waals surface area contributed by atoms with Crippen LogP contribution in [0.1, 0.15) is 24.5 Å². The topological polar surface area (TPSA) is 12.0 Å². The van der Waals surface area contributed by atoms with Crippen molar-refractivity contribution in [3.8, 4) is 0 Å². The van der Waals surface area contributed by atoms with Crippen molar-refractivity contribution in [2.24, 2.45) is 0 Å². The lowest BCUT2D eigenvalue weighted by Crippen LogP contribution is -2.16. The summed E-state index contributed by atoms with van der Waals surface area (Å²) in [7, 11) is 0. The highest BCUT2D eigenvalue weighted by atomic mass is 14.9. The molecule has 0 amide bonds.